The van der Waals surface area contributed by atoms with Gasteiger partial charge in [0.1, 0.15) is 0 Å². The van der Waals surface area contributed by atoms with E-state index in [1.54, 1.807) is 4.90 Å². The summed E-state index contributed by atoms with van der Waals surface area (Å²) in [6.45, 7) is 0.507. The van der Waals surface area contributed by atoms with Crippen LogP contribution in [0.4, 0.5) is 0 Å². The molecule has 0 spiro atoms. The summed E-state index contributed by atoms with van der Waals surface area (Å²) in [5.41, 5.74) is 1.63. The molecule has 172 valence electrons. The molecule has 0 unspecified atom stereocenters. The molecule has 0 aromatic heterocycles. The van der Waals surface area contributed by atoms with Crippen molar-refractivity contribution in [2.45, 2.75) is 62.4 Å². The Morgan fingerprint density at radius 2 is 1.64 bits per heavy atom. The van der Waals surface area contributed by atoms with Crippen molar-refractivity contribution < 1.29 is 19.5 Å². The normalized spacial score (nSPS) is 25.5. The maximum atomic E-state index is 13.7. The van der Waals surface area contributed by atoms with E-state index in [4.69, 9.17) is 0 Å². The fourth-order valence-electron chi connectivity index (χ4n) is 5.42. The van der Waals surface area contributed by atoms with Crippen molar-refractivity contribution in [3.05, 3.63) is 60.2 Å². The van der Waals surface area contributed by atoms with Crippen LogP contribution < -0.4 is 0 Å². The monoisotopic (exact) mass is 446 g/mol. The van der Waals surface area contributed by atoms with Gasteiger partial charge < -0.3 is 10.0 Å². The van der Waals surface area contributed by atoms with Crippen LogP contribution in [0, 0.1) is 0 Å². The van der Waals surface area contributed by atoms with Crippen molar-refractivity contribution in [2.75, 3.05) is 13.2 Å². The van der Waals surface area contributed by atoms with Crippen LogP contribution in [0.1, 0.15) is 50.5 Å². The highest BCUT2D eigenvalue weighted by Gasteiger charge is 2.57. The van der Waals surface area contributed by atoms with Crippen LogP contribution in [-0.2, 0) is 19.8 Å². The van der Waals surface area contributed by atoms with Crippen molar-refractivity contribution in [2.24, 2.45) is 0 Å². The highest BCUT2D eigenvalue weighted by atomic mass is 16.3. The summed E-state index contributed by atoms with van der Waals surface area (Å²) >= 11 is 0. The molecule has 3 amide bonds. The Bertz CT molecular complexity index is 1050. The zero-order valence-electron chi connectivity index (χ0n) is 18.8. The molecule has 0 bridgehead atoms. The number of amides is 3. The van der Waals surface area contributed by atoms with E-state index in [0.29, 0.717) is 6.54 Å². The predicted molar refractivity (Wildman–Crippen MR) is 124 cm³/mol. The van der Waals surface area contributed by atoms with Crippen LogP contribution in [0.5, 0.6) is 0 Å². The third kappa shape index (κ3) is 3.97. The van der Waals surface area contributed by atoms with Gasteiger partial charge in [0.05, 0.1) is 18.1 Å². The lowest BCUT2D eigenvalue weighted by Gasteiger charge is -2.37. The van der Waals surface area contributed by atoms with Crippen LogP contribution in [-0.4, -0.2) is 57.9 Å². The number of aliphatic hydroxyl groups excluding tert-OH is 1. The van der Waals surface area contributed by atoms with E-state index in [2.05, 4.69) is 0 Å². The number of likely N-dealkylation sites (tertiary alicyclic amines) is 2. The van der Waals surface area contributed by atoms with E-state index >= 15 is 0 Å². The summed E-state index contributed by atoms with van der Waals surface area (Å²) in [4.78, 5) is 43.3. The van der Waals surface area contributed by atoms with Gasteiger partial charge >= 0.3 is 0 Å². The van der Waals surface area contributed by atoms with Gasteiger partial charge in [-0.2, -0.15) is 0 Å². The van der Waals surface area contributed by atoms with Crippen LogP contribution in [0.25, 0.3) is 11.1 Å². The number of rotatable bonds is 6. The smallest absolute Gasteiger partial charge is 0.241 e. The molecular formula is C27H30N2O4. The summed E-state index contributed by atoms with van der Waals surface area (Å²) in [6, 6.07) is 17.5. The maximum Gasteiger partial charge on any atom is 0.241 e. The number of benzene rings is 2. The molecule has 6 nitrogen and oxygen atoms in total. The number of hydrogen-bond acceptors (Lipinski definition) is 4. The fourth-order valence-corrected chi connectivity index (χ4v) is 5.42. The number of piperidine rings is 1. The van der Waals surface area contributed by atoms with E-state index < -0.39 is 5.41 Å². The molecule has 5 rings (SSSR count). The highest BCUT2D eigenvalue weighted by Crippen LogP contribution is 2.45. The number of aliphatic hydroxyl groups is 1. The Kier molecular flexibility index (Phi) is 5.79. The number of carbonyl (C=O) groups is 3. The zero-order chi connectivity index (χ0) is 23.0. The maximum absolute atomic E-state index is 13.7. The summed E-state index contributed by atoms with van der Waals surface area (Å²) in [5, 5.41) is 9.79. The summed E-state index contributed by atoms with van der Waals surface area (Å²) in [5.74, 6) is -0.576. The third-order valence-electron chi connectivity index (χ3n) is 7.42. The molecule has 2 heterocycles. The van der Waals surface area contributed by atoms with E-state index in [1.807, 2.05) is 54.6 Å². The topological polar surface area (TPSA) is 77.9 Å². The van der Waals surface area contributed by atoms with Crippen molar-refractivity contribution in [1.82, 2.24) is 9.80 Å². The second kappa shape index (κ2) is 8.75. The van der Waals surface area contributed by atoms with Crippen LogP contribution in [0.15, 0.2) is 54.6 Å². The van der Waals surface area contributed by atoms with E-state index in [1.165, 1.54) is 4.90 Å². The van der Waals surface area contributed by atoms with Gasteiger partial charge in [-0.15, -0.1) is 0 Å². The van der Waals surface area contributed by atoms with Crippen molar-refractivity contribution in [1.29, 1.82) is 0 Å². The average Bonchev–Trinajstić information content (AvgIpc) is 3.65. The molecule has 6 heteroatoms. The minimum absolute atomic E-state index is 0.0225. The second-order valence-corrected chi connectivity index (χ2v) is 9.60. The minimum atomic E-state index is -1.18. The largest absolute Gasteiger partial charge is 0.394 e. The van der Waals surface area contributed by atoms with Crippen molar-refractivity contribution in [3.63, 3.8) is 0 Å². The predicted octanol–water partition coefficient (Wildman–Crippen LogP) is 3.28. The van der Waals surface area contributed by atoms with E-state index in [0.717, 1.165) is 48.8 Å². The van der Waals surface area contributed by atoms with Gasteiger partial charge in [-0.3, -0.25) is 19.3 Å². The molecule has 0 radical (unpaired) electrons. The van der Waals surface area contributed by atoms with Crippen LogP contribution >= 0.6 is 0 Å². The molecule has 3 fully saturated rings. The van der Waals surface area contributed by atoms with Gasteiger partial charge in [0.15, 0.2) is 0 Å². The van der Waals surface area contributed by atoms with Gasteiger partial charge in [0.25, 0.3) is 0 Å². The molecule has 33 heavy (non-hydrogen) atoms. The molecular weight excluding hydrogens is 416 g/mol. The Morgan fingerprint density at radius 1 is 0.939 bits per heavy atom. The second-order valence-electron chi connectivity index (χ2n) is 9.60. The van der Waals surface area contributed by atoms with Crippen molar-refractivity contribution >= 4 is 17.7 Å². The minimum Gasteiger partial charge on any atom is -0.394 e. The first-order valence-electron chi connectivity index (χ1n) is 12.0. The Labute approximate surface area is 194 Å². The van der Waals surface area contributed by atoms with Gasteiger partial charge in [-0.05, 0) is 48.8 Å². The molecule has 1 aliphatic carbocycles. The molecule has 2 saturated heterocycles. The Hall–Kier alpha value is -2.99. The Balaban J connectivity index is 1.49. The van der Waals surface area contributed by atoms with Crippen LogP contribution in [0.3, 0.4) is 0 Å². The first-order chi connectivity index (χ1) is 16.0. The fraction of sp³-hybridized carbons (Fsp3) is 0.444. The average molecular weight is 447 g/mol. The van der Waals surface area contributed by atoms with Gasteiger partial charge in [-0.1, -0.05) is 54.6 Å². The Morgan fingerprint density at radius 3 is 2.30 bits per heavy atom. The SMILES string of the molecule is O=C1C[C@](CC(=O)N2CCCC[C@H]2CO)(c2ccc(-c3ccccc3)cc2)C(=O)N1C1CC1. The molecule has 3 aliphatic rings. The van der Waals surface area contributed by atoms with E-state index in [9.17, 15) is 19.5 Å². The van der Waals surface area contributed by atoms with E-state index in [-0.39, 0.29) is 49.3 Å². The first-order valence-corrected chi connectivity index (χ1v) is 12.0. The summed E-state index contributed by atoms with van der Waals surface area (Å²) < 4.78 is 0. The lowest BCUT2D eigenvalue weighted by molar-refractivity contribution is -0.144. The quantitative estimate of drug-likeness (QED) is 0.691. The number of hydrogen-bond donors (Lipinski definition) is 1. The molecule has 2 aliphatic heterocycles. The first kappa shape index (κ1) is 21.8. The summed E-state index contributed by atoms with van der Waals surface area (Å²) in [7, 11) is 0. The van der Waals surface area contributed by atoms with Crippen molar-refractivity contribution in [3.8, 4) is 11.1 Å². The molecule has 2 aromatic rings. The number of nitrogens with zero attached hydrogens (tertiary/aromatic N) is 2. The van der Waals surface area contributed by atoms with Gasteiger partial charge in [-0.25, -0.2) is 0 Å². The lowest BCUT2D eigenvalue weighted by Crippen LogP contribution is -2.49. The lowest BCUT2D eigenvalue weighted by atomic mass is 9.75. The number of imide groups is 1. The third-order valence-corrected chi connectivity index (χ3v) is 7.42. The highest BCUT2D eigenvalue weighted by molar-refractivity contribution is 6.11. The summed E-state index contributed by atoms with van der Waals surface area (Å²) in [6.07, 6.45) is 4.30. The molecule has 1 N–H and O–H groups in total. The van der Waals surface area contributed by atoms with Gasteiger partial charge in [0.2, 0.25) is 17.7 Å². The molecule has 2 atom stereocenters. The standard InChI is InChI=1S/C27H30N2O4/c30-18-23-8-4-5-15-28(23)24(31)16-27(17-25(32)29(26(27)33)22-13-14-22)21-11-9-20(10-12-21)19-6-2-1-3-7-19/h1-3,6-7,9-12,22-23,30H,4-5,8,13-18H2/t23-,27+/m0/s1. The number of carbonyl (C=O) groups excluding carboxylic acids is 3. The zero-order valence-corrected chi connectivity index (χ0v) is 18.8. The van der Waals surface area contributed by atoms with Gasteiger partial charge in [0, 0.05) is 25.4 Å². The molecule has 2 aromatic carbocycles. The van der Waals surface area contributed by atoms with Crippen LogP contribution in [0.2, 0.25) is 0 Å². The molecule has 1 saturated carbocycles.